The lowest BCUT2D eigenvalue weighted by atomic mass is 10.3. The lowest BCUT2D eigenvalue weighted by molar-refractivity contribution is -0.131. The van der Waals surface area contributed by atoms with Crippen LogP contribution in [0.15, 0.2) is 11.6 Å². The maximum Gasteiger partial charge on any atom is 0.344 e. The molecule has 2 nitrogen and oxygen atoms in total. The van der Waals surface area contributed by atoms with Crippen LogP contribution < -0.4 is 0 Å². The summed E-state index contributed by atoms with van der Waals surface area (Å²) in [7, 11) is 0. The van der Waals surface area contributed by atoms with Gasteiger partial charge in [0.05, 0.1) is 0 Å². The molecule has 0 atom stereocenters. The topological polar surface area (TPSA) is 26.3 Å². The van der Waals surface area contributed by atoms with E-state index in [0.29, 0.717) is 0 Å². The van der Waals surface area contributed by atoms with Crippen LogP contribution in [0.1, 0.15) is 20.8 Å². The quantitative estimate of drug-likeness (QED) is 0.311. The van der Waals surface area contributed by atoms with E-state index in [4.69, 9.17) is 0 Å². The third-order valence-corrected chi connectivity index (χ3v) is 0.660. The van der Waals surface area contributed by atoms with E-state index in [0.717, 1.165) is 5.57 Å². The van der Waals surface area contributed by atoms with Crippen molar-refractivity contribution < 1.29 is 9.53 Å². The van der Waals surface area contributed by atoms with Gasteiger partial charge in [0.25, 0.3) is 0 Å². The molecule has 0 amide bonds. The Balaban J connectivity index is 3.84. The van der Waals surface area contributed by atoms with Gasteiger partial charge in [-0.1, -0.05) is 11.5 Å². The highest BCUT2D eigenvalue weighted by molar-refractivity contribution is 5.83. The molecule has 0 spiro atoms. The molecule has 0 aliphatic carbocycles. The van der Waals surface area contributed by atoms with E-state index in [-0.39, 0.29) is 0 Å². The van der Waals surface area contributed by atoms with E-state index in [1.807, 2.05) is 13.8 Å². The standard InChI is InChI=1S/C8H10O2/c1-4-5-10-8(9)6-7(2)3/h6H,1-3H3. The summed E-state index contributed by atoms with van der Waals surface area (Å²) in [4.78, 5) is 10.6. The highest BCUT2D eigenvalue weighted by Gasteiger charge is 1.92. The highest BCUT2D eigenvalue weighted by atomic mass is 16.5. The Morgan fingerprint density at radius 2 is 2.10 bits per heavy atom. The number of carbonyl (C=O) groups is 1. The van der Waals surface area contributed by atoms with Crippen molar-refractivity contribution in [1.29, 1.82) is 0 Å². The van der Waals surface area contributed by atoms with Crippen molar-refractivity contribution in [2.45, 2.75) is 20.8 Å². The molecule has 0 N–H and O–H groups in total. The Bertz CT molecular complexity index is 199. The SMILES string of the molecule is CC#COC(=O)C=C(C)C. The minimum atomic E-state index is -0.408. The molecule has 0 saturated carbocycles. The highest BCUT2D eigenvalue weighted by Crippen LogP contribution is 1.89. The number of allylic oxidation sites excluding steroid dienone is 1. The van der Waals surface area contributed by atoms with Gasteiger partial charge in [0.2, 0.25) is 0 Å². The van der Waals surface area contributed by atoms with Crippen LogP contribution in [0.25, 0.3) is 0 Å². The van der Waals surface area contributed by atoms with Gasteiger partial charge >= 0.3 is 5.97 Å². The zero-order chi connectivity index (χ0) is 7.98. The predicted molar refractivity (Wildman–Crippen MR) is 39.0 cm³/mol. The van der Waals surface area contributed by atoms with Crippen LogP contribution in [0.2, 0.25) is 0 Å². The summed E-state index contributed by atoms with van der Waals surface area (Å²) in [5.74, 6) is 2.04. The summed E-state index contributed by atoms with van der Waals surface area (Å²) in [6.07, 6.45) is 3.60. The fourth-order valence-electron chi connectivity index (χ4n) is 0.366. The smallest absolute Gasteiger partial charge is 0.344 e. The molecule has 0 aromatic heterocycles. The molecule has 0 aromatic rings. The van der Waals surface area contributed by atoms with Crippen molar-refractivity contribution in [3.05, 3.63) is 11.6 Å². The number of esters is 1. The number of hydrogen-bond donors (Lipinski definition) is 0. The van der Waals surface area contributed by atoms with Crippen LogP contribution in [-0.2, 0) is 9.53 Å². The average molecular weight is 138 g/mol. The van der Waals surface area contributed by atoms with Gasteiger partial charge in [-0.05, 0) is 13.8 Å². The summed E-state index contributed by atoms with van der Waals surface area (Å²) in [5, 5.41) is 0. The van der Waals surface area contributed by atoms with Gasteiger partial charge in [-0.15, -0.1) is 0 Å². The lowest BCUT2D eigenvalue weighted by Gasteiger charge is -1.87. The maximum absolute atomic E-state index is 10.6. The van der Waals surface area contributed by atoms with Gasteiger partial charge in [0.15, 0.2) is 0 Å². The van der Waals surface area contributed by atoms with Gasteiger partial charge in [-0.2, -0.15) is 0 Å². The fourth-order valence-corrected chi connectivity index (χ4v) is 0.366. The van der Waals surface area contributed by atoms with Gasteiger partial charge in [0.1, 0.15) is 6.11 Å². The van der Waals surface area contributed by atoms with E-state index >= 15 is 0 Å². The molecule has 0 aliphatic rings. The number of rotatable bonds is 1. The second kappa shape index (κ2) is 4.63. The van der Waals surface area contributed by atoms with Gasteiger partial charge < -0.3 is 4.74 Å². The summed E-state index contributed by atoms with van der Waals surface area (Å²) in [5.41, 5.74) is 0.905. The first-order chi connectivity index (χ1) is 4.66. The monoisotopic (exact) mass is 138 g/mol. The summed E-state index contributed by atoms with van der Waals surface area (Å²) < 4.78 is 4.43. The Morgan fingerprint density at radius 3 is 2.50 bits per heavy atom. The van der Waals surface area contributed by atoms with E-state index in [9.17, 15) is 4.79 Å². The molecular weight excluding hydrogens is 128 g/mol. The predicted octanol–water partition coefficient (Wildman–Crippen LogP) is 1.48. The van der Waals surface area contributed by atoms with Crippen LogP contribution in [0.5, 0.6) is 0 Å². The Morgan fingerprint density at radius 1 is 1.50 bits per heavy atom. The Hall–Kier alpha value is -1.23. The molecule has 0 saturated heterocycles. The van der Waals surface area contributed by atoms with Crippen molar-refractivity contribution in [1.82, 2.24) is 0 Å². The van der Waals surface area contributed by atoms with Crippen molar-refractivity contribution in [2.24, 2.45) is 0 Å². The maximum atomic E-state index is 10.6. The first-order valence-electron chi connectivity index (χ1n) is 2.94. The average Bonchev–Trinajstić information content (AvgIpc) is 1.82. The second-order valence-corrected chi connectivity index (χ2v) is 1.99. The summed E-state index contributed by atoms with van der Waals surface area (Å²) in [6.45, 7) is 5.25. The number of carbonyl (C=O) groups excluding carboxylic acids is 1. The molecular formula is C8H10O2. The van der Waals surface area contributed by atoms with Gasteiger partial charge in [-0.25, -0.2) is 4.79 Å². The van der Waals surface area contributed by atoms with Crippen molar-refractivity contribution in [3.63, 3.8) is 0 Å². The molecule has 54 valence electrons. The summed E-state index contributed by atoms with van der Waals surface area (Å²) >= 11 is 0. The van der Waals surface area contributed by atoms with Crippen LogP contribution in [0, 0.1) is 12.0 Å². The molecule has 0 bridgehead atoms. The van der Waals surface area contributed by atoms with E-state index in [1.54, 1.807) is 6.92 Å². The third kappa shape index (κ3) is 4.92. The van der Waals surface area contributed by atoms with Crippen molar-refractivity contribution in [3.8, 4) is 12.0 Å². The molecule has 0 rings (SSSR count). The molecule has 0 fully saturated rings. The Labute approximate surface area is 60.9 Å². The lowest BCUT2D eigenvalue weighted by Crippen LogP contribution is -1.94. The molecule has 0 aromatic carbocycles. The first kappa shape index (κ1) is 8.77. The Kier molecular flexibility index (Phi) is 4.06. The molecule has 10 heavy (non-hydrogen) atoms. The van der Waals surface area contributed by atoms with Crippen molar-refractivity contribution in [2.75, 3.05) is 0 Å². The normalized spacial score (nSPS) is 7.10. The van der Waals surface area contributed by atoms with Crippen LogP contribution in [0.3, 0.4) is 0 Å². The van der Waals surface area contributed by atoms with Crippen LogP contribution in [-0.4, -0.2) is 5.97 Å². The minimum Gasteiger partial charge on any atom is -0.369 e. The van der Waals surface area contributed by atoms with Crippen LogP contribution in [0.4, 0.5) is 0 Å². The van der Waals surface area contributed by atoms with Gasteiger partial charge in [-0.3, -0.25) is 0 Å². The second-order valence-electron chi connectivity index (χ2n) is 1.99. The molecule has 0 aliphatic heterocycles. The number of hydrogen-bond acceptors (Lipinski definition) is 2. The van der Waals surface area contributed by atoms with E-state index in [1.165, 1.54) is 6.08 Å². The number of ether oxygens (including phenoxy) is 1. The molecule has 2 heteroatoms. The summed E-state index contributed by atoms with van der Waals surface area (Å²) in [6, 6.07) is 0. The van der Waals surface area contributed by atoms with Gasteiger partial charge in [0, 0.05) is 13.0 Å². The first-order valence-corrected chi connectivity index (χ1v) is 2.94. The minimum absolute atomic E-state index is 0.408. The zero-order valence-corrected chi connectivity index (χ0v) is 6.39. The largest absolute Gasteiger partial charge is 0.369 e. The fraction of sp³-hybridized carbons (Fsp3) is 0.375. The zero-order valence-electron chi connectivity index (χ0n) is 6.39. The molecule has 0 radical (unpaired) electrons. The molecule has 0 unspecified atom stereocenters. The van der Waals surface area contributed by atoms with Crippen molar-refractivity contribution >= 4 is 5.97 Å². The van der Waals surface area contributed by atoms with E-state index in [2.05, 4.69) is 16.8 Å². The third-order valence-electron chi connectivity index (χ3n) is 0.660. The van der Waals surface area contributed by atoms with Crippen LogP contribution >= 0.6 is 0 Å². The van der Waals surface area contributed by atoms with E-state index < -0.39 is 5.97 Å². The molecule has 0 heterocycles.